The molecular formula is C15H8F3NO3. The van der Waals surface area contributed by atoms with Gasteiger partial charge >= 0.3 is 11.9 Å². The third kappa shape index (κ3) is 2.02. The Morgan fingerprint density at radius 2 is 1.86 bits per heavy atom. The minimum atomic E-state index is -3.71. The van der Waals surface area contributed by atoms with E-state index in [4.69, 9.17) is 5.11 Å². The average Bonchev–Trinajstić information content (AvgIpc) is 2.68. The van der Waals surface area contributed by atoms with E-state index in [1.807, 2.05) is 5.32 Å². The molecule has 0 spiro atoms. The number of rotatable bonds is 2. The summed E-state index contributed by atoms with van der Waals surface area (Å²) in [6, 6.07) is 6.56. The zero-order chi connectivity index (χ0) is 16.1. The number of halogens is 3. The van der Waals surface area contributed by atoms with E-state index < -0.39 is 29.2 Å². The first-order valence-corrected chi connectivity index (χ1v) is 6.17. The summed E-state index contributed by atoms with van der Waals surface area (Å²) in [4.78, 5) is 22.4. The van der Waals surface area contributed by atoms with Crippen molar-refractivity contribution in [2.45, 2.75) is 5.92 Å². The summed E-state index contributed by atoms with van der Waals surface area (Å²) >= 11 is 0. The quantitative estimate of drug-likeness (QED) is 0.895. The standard InChI is InChI=1S/C15H8F3NO3/c16-8-2-3-9(13(20)21)10(6-8)7-1-4-12-11(5-7)15(17,18)14(22)19-12/h1-6H,(H,19,22)(H,20,21). The Morgan fingerprint density at radius 1 is 1.14 bits per heavy atom. The van der Waals surface area contributed by atoms with Crippen LogP contribution in [0, 0.1) is 5.82 Å². The van der Waals surface area contributed by atoms with E-state index in [1.165, 1.54) is 12.1 Å². The second-order valence-corrected chi connectivity index (χ2v) is 4.78. The van der Waals surface area contributed by atoms with E-state index in [2.05, 4.69) is 0 Å². The Kier molecular flexibility index (Phi) is 2.94. The molecule has 0 bridgehead atoms. The monoisotopic (exact) mass is 307 g/mol. The molecule has 22 heavy (non-hydrogen) atoms. The summed E-state index contributed by atoms with van der Waals surface area (Å²) in [6.07, 6.45) is 0. The molecule has 4 nitrogen and oxygen atoms in total. The maximum Gasteiger partial charge on any atom is 0.352 e. The number of carboxylic acid groups (broad SMARTS) is 1. The van der Waals surface area contributed by atoms with Crippen LogP contribution < -0.4 is 5.32 Å². The van der Waals surface area contributed by atoms with Crippen molar-refractivity contribution >= 4 is 17.6 Å². The highest BCUT2D eigenvalue weighted by atomic mass is 19.3. The molecule has 7 heteroatoms. The molecule has 1 aliphatic heterocycles. The predicted octanol–water partition coefficient (Wildman–Crippen LogP) is 3.23. The van der Waals surface area contributed by atoms with Crippen molar-refractivity contribution in [2.75, 3.05) is 5.32 Å². The molecule has 0 saturated carbocycles. The SMILES string of the molecule is O=C(O)c1ccc(F)cc1-c1ccc2c(c1)C(F)(F)C(=O)N2. The van der Waals surface area contributed by atoms with Gasteiger partial charge in [-0.25, -0.2) is 9.18 Å². The molecule has 0 fully saturated rings. The lowest BCUT2D eigenvalue weighted by molar-refractivity contribution is -0.139. The van der Waals surface area contributed by atoms with Crippen molar-refractivity contribution in [3.63, 3.8) is 0 Å². The Morgan fingerprint density at radius 3 is 2.55 bits per heavy atom. The van der Waals surface area contributed by atoms with Crippen molar-refractivity contribution < 1.29 is 27.9 Å². The summed E-state index contributed by atoms with van der Waals surface area (Å²) in [5.74, 6) is -7.16. The molecule has 1 amide bonds. The van der Waals surface area contributed by atoms with Crippen molar-refractivity contribution in [1.82, 2.24) is 0 Å². The Hall–Kier alpha value is -2.83. The molecule has 0 atom stereocenters. The third-order valence-electron chi connectivity index (χ3n) is 3.41. The van der Waals surface area contributed by atoms with Gasteiger partial charge in [-0.05, 0) is 41.5 Å². The summed E-state index contributed by atoms with van der Waals surface area (Å²) < 4.78 is 40.9. The van der Waals surface area contributed by atoms with Crippen LogP contribution in [-0.4, -0.2) is 17.0 Å². The number of carbonyl (C=O) groups excluding carboxylic acids is 1. The third-order valence-corrected chi connectivity index (χ3v) is 3.41. The lowest BCUT2D eigenvalue weighted by Gasteiger charge is -2.10. The van der Waals surface area contributed by atoms with Gasteiger partial charge < -0.3 is 10.4 Å². The highest BCUT2D eigenvalue weighted by Crippen LogP contribution is 2.42. The maximum absolute atomic E-state index is 13.8. The van der Waals surface area contributed by atoms with Crippen LogP contribution in [0.15, 0.2) is 36.4 Å². The number of amides is 1. The topological polar surface area (TPSA) is 66.4 Å². The van der Waals surface area contributed by atoms with E-state index in [1.54, 1.807) is 0 Å². The molecular weight excluding hydrogens is 299 g/mol. The molecule has 0 radical (unpaired) electrons. The van der Waals surface area contributed by atoms with Gasteiger partial charge in [-0.3, -0.25) is 4.79 Å². The van der Waals surface area contributed by atoms with Crippen LogP contribution in [0.1, 0.15) is 15.9 Å². The number of hydrogen-bond acceptors (Lipinski definition) is 2. The largest absolute Gasteiger partial charge is 0.478 e. The molecule has 3 rings (SSSR count). The molecule has 2 N–H and O–H groups in total. The van der Waals surface area contributed by atoms with E-state index >= 15 is 0 Å². The van der Waals surface area contributed by atoms with Crippen LogP contribution >= 0.6 is 0 Å². The molecule has 2 aromatic carbocycles. The average molecular weight is 307 g/mol. The lowest BCUT2D eigenvalue weighted by atomic mass is 9.96. The Labute approximate surface area is 122 Å². The first-order valence-electron chi connectivity index (χ1n) is 6.17. The van der Waals surface area contributed by atoms with Crippen LogP contribution in [0.5, 0.6) is 0 Å². The second-order valence-electron chi connectivity index (χ2n) is 4.78. The van der Waals surface area contributed by atoms with Gasteiger partial charge in [-0.15, -0.1) is 0 Å². The van der Waals surface area contributed by atoms with Crippen LogP contribution in [0.3, 0.4) is 0 Å². The molecule has 0 unspecified atom stereocenters. The lowest BCUT2D eigenvalue weighted by Crippen LogP contribution is -2.23. The van der Waals surface area contributed by atoms with E-state index in [0.29, 0.717) is 0 Å². The number of fused-ring (bicyclic) bond motifs is 1. The fourth-order valence-corrected chi connectivity index (χ4v) is 2.35. The molecule has 0 aromatic heterocycles. The first-order chi connectivity index (χ1) is 10.3. The van der Waals surface area contributed by atoms with E-state index in [0.717, 1.165) is 24.3 Å². The number of nitrogens with one attached hydrogen (secondary N) is 1. The smallest absolute Gasteiger partial charge is 0.352 e. The molecule has 1 heterocycles. The van der Waals surface area contributed by atoms with Crippen molar-refractivity contribution in [3.05, 3.63) is 53.3 Å². The number of aromatic carboxylic acids is 1. The van der Waals surface area contributed by atoms with Gasteiger partial charge in [-0.2, -0.15) is 8.78 Å². The van der Waals surface area contributed by atoms with Crippen molar-refractivity contribution in [3.8, 4) is 11.1 Å². The number of anilines is 1. The minimum Gasteiger partial charge on any atom is -0.478 e. The summed E-state index contributed by atoms with van der Waals surface area (Å²) in [7, 11) is 0. The fourth-order valence-electron chi connectivity index (χ4n) is 2.35. The van der Waals surface area contributed by atoms with E-state index in [-0.39, 0.29) is 22.4 Å². The number of benzene rings is 2. The number of hydrogen-bond donors (Lipinski definition) is 2. The zero-order valence-electron chi connectivity index (χ0n) is 10.9. The predicted molar refractivity (Wildman–Crippen MR) is 71.3 cm³/mol. The van der Waals surface area contributed by atoms with Crippen LogP contribution in [-0.2, 0) is 10.7 Å². The number of alkyl halides is 2. The summed E-state index contributed by atoms with van der Waals surface area (Å²) in [6.45, 7) is 0. The van der Waals surface area contributed by atoms with Gasteiger partial charge in [0.25, 0.3) is 5.91 Å². The molecule has 0 saturated heterocycles. The summed E-state index contributed by atoms with van der Waals surface area (Å²) in [5.41, 5.74) is -0.776. The number of carbonyl (C=O) groups is 2. The fraction of sp³-hybridized carbons (Fsp3) is 0.0667. The highest BCUT2D eigenvalue weighted by Gasteiger charge is 2.48. The molecule has 2 aromatic rings. The first kappa shape index (κ1) is 14.1. The zero-order valence-corrected chi connectivity index (χ0v) is 10.9. The highest BCUT2D eigenvalue weighted by molar-refractivity contribution is 6.04. The Bertz CT molecular complexity index is 818. The van der Waals surface area contributed by atoms with Gasteiger partial charge in [0, 0.05) is 0 Å². The van der Waals surface area contributed by atoms with Crippen LogP contribution in [0.4, 0.5) is 18.9 Å². The second kappa shape index (κ2) is 4.59. The Balaban J connectivity index is 2.20. The van der Waals surface area contributed by atoms with Gasteiger partial charge in [0.2, 0.25) is 0 Å². The number of carboxylic acids is 1. The molecule has 0 aliphatic carbocycles. The molecule has 112 valence electrons. The van der Waals surface area contributed by atoms with Crippen molar-refractivity contribution in [2.24, 2.45) is 0 Å². The maximum atomic E-state index is 13.8. The van der Waals surface area contributed by atoms with Gasteiger partial charge in [0.05, 0.1) is 16.8 Å². The molecule has 1 aliphatic rings. The van der Waals surface area contributed by atoms with Crippen LogP contribution in [0.2, 0.25) is 0 Å². The minimum absolute atomic E-state index is 0.0366. The van der Waals surface area contributed by atoms with Crippen LogP contribution in [0.25, 0.3) is 11.1 Å². The van der Waals surface area contributed by atoms with E-state index in [9.17, 15) is 22.8 Å². The van der Waals surface area contributed by atoms with Gasteiger partial charge in [-0.1, -0.05) is 6.07 Å². The van der Waals surface area contributed by atoms with Gasteiger partial charge in [0.15, 0.2) is 0 Å². The van der Waals surface area contributed by atoms with Crippen molar-refractivity contribution in [1.29, 1.82) is 0 Å². The van der Waals surface area contributed by atoms with Gasteiger partial charge in [0.1, 0.15) is 5.82 Å². The normalized spacial score (nSPS) is 15.3. The summed E-state index contributed by atoms with van der Waals surface area (Å²) in [5, 5.41) is 11.2.